The Morgan fingerprint density at radius 1 is 1.62 bits per heavy atom. The second-order valence-electron chi connectivity index (χ2n) is 2.74. The van der Waals surface area contributed by atoms with Crippen LogP contribution in [0.1, 0.15) is 28.2 Å². The standard InChI is InChI=1S/C9H6F2N2O3/c1-16-9(15)7-6(8(10)11)5(14)2-4(3-12)13-7/h2,8H,1H3,(H,13,14). The van der Waals surface area contributed by atoms with E-state index >= 15 is 0 Å². The molecule has 0 saturated heterocycles. The van der Waals surface area contributed by atoms with E-state index in [2.05, 4.69) is 9.72 Å². The van der Waals surface area contributed by atoms with Crippen molar-refractivity contribution < 1.29 is 18.3 Å². The summed E-state index contributed by atoms with van der Waals surface area (Å²) >= 11 is 0. The molecule has 1 rings (SSSR count). The number of rotatable bonds is 2. The summed E-state index contributed by atoms with van der Waals surface area (Å²) in [4.78, 5) is 24.5. The van der Waals surface area contributed by atoms with Crippen LogP contribution in [0.25, 0.3) is 0 Å². The molecule has 0 unspecified atom stereocenters. The van der Waals surface area contributed by atoms with E-state index in [0.29, 0.717) is 6.07 Å². The highest BCUT2D eigenvalue weighted by atomic mass is 19.3. The Morgan fingerprint density at radius 3 is 2.69 bits per heavy atom. The van der Waals surface area contributed by atoms with Gasteiger partial charge in [0.1, 0.15) is 17.5 Å². The molecule has 0 aromatic carbocycles. The minimum absolute atomic E-state index is 0.283. The molecule has 0 aliphatic rings. The second kappa shape index (κ2) is 4.53. The van der Waals surface area contributed by atoms with Crippen molar-refractivity contribution in [1.29, 1.82) is 5.26 Å². The van der Waals surface area contributed by atoms with Crippen LogP contribution in [-0.4, -0.2) is 18.1 Å². The minimum atomic E-state index is -3.12. The first-order valence-corrected chi connectivity index (χ1v) is 4.05. The lowest BCUT2D eigenvalue weighted by atomic mass is 10.1. The third-order valence-electron chi connectivity index (χ3n) is 1.80. The molecule has 0 aliphatic carbocycles. The number of nitriles is 1. The van der Waals surface area contributed by atoms with Gasteiger partial charge in [0, 0.05) is 6.07 Å². The van der Waals surface area contributed by atoms with Crippen molar-refractivity contribution in [3.63, 3.8) is 0 Å². The van der Waals surface area contributed by atoms with E-state index in [1.165, 1.54) is 0 Å². The molecule has 1 heterocycles. The van der Waals surface area contributed by atoms with Crippen LogP contribution >= 0.6 is 0 Å². The highest BCUT2D eigenvalue weighted by Crippen LogP contribution is 2.18. The number of H-pyrrole nitrogens is 1. The van der Waals surface area contributed by atoms with E-state index in [4.69, 9.17) is 5.26 Å². The first kappa shape index (κ1) is 11.8. The van der Waals surface area contributed by atoms with Gasteiger partial charge in [-0.3, -0.25) is 4.79 Å². The first-order valence-electron chi connectivity index (χ1n) is 4.05. The number of methoxy groups -OCH3 is 1. The molecular weight excluding hydrogens is 222 g/mol. The van der Waals surface area contributed by atoms with Crippen LogP contribution in [0.4, 0.5) is 8.78 Å². The number of nitrogens with zero attached hydrogens (tertiary/aromatic N) is 1. The highest BCUT2D eigenvalue weighted by molar-refractivity contribution is 5.89. The van der Waals surface area contributed by atoms with Crippen molar-refractivity contribution in [2.45, 2.75) is 6.43 Å². The molecule has 1 N–H and O–H groups in total. The van der Waals surface area contributed by atoms with Gasteiger partial charge >= 0.3 is 5.97 Å². The summed E-state index contributed by atoms with van der Waals surface area (Å²) in [7, 11) is 0.981. The maximum Gasteiger partial charge on any atom is 0.355 e. The highest BCUT2D eigenvalue weighted by Gasteiger charge is 2.23. The van der Waals surface area contributed by atoms with E-state index in [1.807, 2.05) is 0 Å². The largest absolute Gasteiger partial charge is 0.464 e. The summed E-state index contributed by atoms with van der Waals surface area (Å²) in [5.41, 5.74) is -3.05. The average molecular weight is 228 g/mol. The monoisotopic (exact) mass is 228 g/mol. The third-order valence-corrected chi connectivity index (χ3v) is 1.80. The minimum Gasteiger partial charge on any atom is -0.464 e. The van der Waals surface area contributed by atoms with Gasteiger partial charge < -0.3 is 9.72 Å². The molecule has 0 aliphatic heterocycles. The predicted octanol–water partition coefficient (Wildman–Crippen LogP) is 0.971. The molecule has 84 valence electrons. The molecular formula is C9H6F2N2O3. The SMILES string of the molecule is COC(=O)c1[nH]c(C#N)cc(=O)c1C(F)F. The summed E-state index contributed by atoms with van der Waals surface area (Å²) in [5, 5.41) is 8.51. The van der Waals surface area contributed by atoms with Crippen LogP contribution in [0.15, 0.2) is 10.9 Å². The van der Waals surface area contributed by atoms with Crippen LogP contribution in [0.5, 0.6) is 0 Å². The third kappa shape index (κ3) is 2.06. The molecule has 0 amide bonds. The number of halogens is 2. The molecule has 5 nitrogen and oxygen atoms in total. The number of aromatic amines is 1. The summed E-state index contributed by atoms with van der Waals surface area (Å²) in [6, 6.07) is 2.25. The lowest BCUT2D eigenvalue weighted by molar-refractivity contribution is 0.0581. The zero-order valence-electron chi connectivity index (χ0n) is 8.08. The number of alkyl halides is 2. The fourth-order valence-electron chi connectivity index (χ4n) is 1.11. The summed E-state index contributed by atoms with van der Waals surface area (Å²) in [5.74, 6) is -1.12. The van der Waals surface area contributed by atoms with Crippen LogP contribution < -0.4 is 5.43 Å². The van der Waals surface area contributed by atoms with Crippen molar-refractivity contribution in [1.82, 2.24) is 4.98 Å². The van der Waals surface area contributed by atoms with Crippen LogP contribution in [0.2, 0.25) is 0 Å². The van der Waals surface area contributed by atoms with Gasteiger partial charge in [-0.1, -0.05) is 0 Å². The summed E-state index contributed by atoms with van der Waals surface area (Å²) in [6.45, 7) is 0. The smallest absolute Gasteiger partial charge is 0.355 e. The Hall–Kier alpha value is -2.23. The van der Waals surface area contributed by atoms with Crippen molar-refractivity contribution in [2.24, 2.45) is 0 Å². The van der Waals surface area contributed by atoms with Gasteiger partial charge in [-0.15, -0.1) is 0 Å². The lowest BCUT2D eigenvalue weighted by Crippen LogP contribution is -2.19. The zero-order valence-corrected chi connectivity index (χ0v) is 8.08. The molecule has 1 aromatic rings. The normalized spacial score (nSPS) is 9.94. The predicted molar refractivity (Wildman–Crippen MR) is 48.1 cm³/mol. The number of aromatic nitrogens is 1. The van der Waals surface area contributed by atoms with Crippen molar-refractivity contribution >= 4 is 5.97 Å². The fourth-order valence-corrected chi connectivity index (χ4v) is 1.11. The van der Waals surface area contributed by atoms with Crippen LogP contribution in [0.3, 0.4) is 0 Å². The number of hydrogen-bond donors (Lipinski definition) is 1. The fraction of sp³-hybridized carbons (Fsp3) is 0.222. The van der Waals surface area contributed by atoms with Crippen molar-refractivity contribution in [2.75, 3.05) is 7.11 Å². The molecule has 0 fully saturated rings. The number of esters is 1. The quantitative estimate of drug-likeness (QED) is 0.764. The maximum absolute atomic E-state index is 12.5. The van der Waals surface area contributed by atoms with E-state index in [0.717, 1.165) is 7.11 Å². The van der Waals surface area contributed by atoms with Gasteiger partial charge in [0.05, 0.1) is 12.7 Å². The Balaban J connectivity index is 3.54. The Bertz CT molecular complexity index is 516. The average Bonchev–Trinajstić information content (AvgIpc) is 2.26. The van der Waals surface area contributed by atoms with E-state index in [1.54, 1.807) is 6.07 Å². The molecule has 0 radical (unpaired) electrons. The van der Waals surface area contributed by atoms with Crippen LogP contribution in [-0.2, 0) is 4.74 Å². The molecule has 16 heavy (non-hydrogen) atoms. The molecule has 0 spiro atoms. The molecule has 0 saturated carbocycles. The number of nitrogens with one attached hydrogen (secondary N) is 1. The Kier molecular flexibility index (Phi) is 3.35. The lowest BCUT2D eigenvalue weighted by Gasteiger charge is -2.06. The van der Waals surface area contributed by atoms with E-state index in [-0.39, 0.29) is 5.69 Å². The zero-order chi connectivity index (χ0) is 12.3. The molecule has 0 bridgehead atoms. The van der Waals surface area contributed by atoms with E-state index in [9.17, 15) is 18.4 Å². The second-order valence-corrected chi connectivity index (χ2v) is 2.74. The van der Waals surface area contributed by atoms with E-state index < -0.39 is 29.1 Å². The van der Waals surface area contributed by atoms with Gasteiger partial charge in [-0.25, -0.2) is 13.6 Å². The molecule has 7 heteroatoms. The Morgan fingerprint density at radius 2 is 2.25 bits per heavy atom. The number of carbonyl (C=O) groups is 1. The van der Waals surface area contributed by atoms with Gasteiger partial charge in [0.25, 0.3) is 6.43 Å². The topological polar surface area (TPSA) is 82.9 Å². The number of pyridine rings is 1. The van der Waals surface area contributed by atoms with Crippen molar-refractivity contribution in [3.05, 3.63) is 33.2 Å². The maximum atomic E-state index is 12.5. The van der Waals surface area contributed by atoms with Crippen molar-refractivity contribution in [3.8, 4) is 6.07 Å². The number of ether oxygens (including phenoxy) is 1. The first-order chi connectivity index (χ1) is 7.51. The molecule has 0 atom stereocenters. The van der Waals surface area contributed by atoms with Gasteiger partial charge in [0.15, 0.2) is 5.43 Å². The van der Waals surface area contributed by atoms with Gasteiger partial charge in [0.2, 0.25) is 0 Å². The Labute approximate surface area is 88.3 Å². The summed E-state index contributed by atoms with van der Waals surface area (Å²) < 4.78 is 29.2. The van der Waals surface area contributed by atoms with Gasteiger partial charge in [-0.05, 0) is 0 Å². The van der Waals surface area contributed by atoms with Crippen LogP contribution in [0, 0.1) is 11.3 Å². The molecule has 1 aromatic heterocycles. The number of carbonyl (C=O) groups excluding carboxylic acids is 1. The number of hydrogen-bond acceptors (Lipinski definition) is 4. The summed E-state index contributed by atoms with van der Waals surface area (Å²) in [6.07, 6.45) is -3.12. The van der Waals surface area contributed by atoms with Gasteiger partial charge in [-0.2, -0.15) is 5.26 Å².